The van der Waals surface area contributed by atoms with E-state index in [0.717, 1.165) is 78.8 Å². The number of rotatable bonds is 12. The minimum Gasteiger partial charge on any atom is -0.393 e. The summed E-state index contributed by atoms with van der Waals surface area (Å²) in [5.41, 5.74) is 12.8. The number of aliphatic hydroxyl groups excluding tert-OH is 1. The zero-order valence-corrected chi connectivity index (χ0v) is 24.6. The summed E-state index contributed by atoms with van der Waals surface area (Å²) in [7, 11) is 0. The molecule has 1 unspecified atom stereocenters. The summed E-state index contributed by atoms with van der Waals surface area (Å²) < 4.78 is 0. The smallest absolute Gasteiger partial charge is 0.270 e. The zero-order chi connectivity index (χ0) is 29.5. The molecule has 9 heteroatoms. The highest BCUT2D eigenvalue weighted by molar-refractivity contribution is 5.92. The number of aryl methyl sites for hydroxylation is 1. The van der Waals surface area contributed by atoms with Gasteiger partial charge >= 0.3 is 0 Å². The first-order chi connectivity index (χ1) is 20.4. The Kier molecular flexibility index (Phi) is 9.94. The van der Waals surface area contributed by atoms with E-state index in [0.29, 0.717) is 25.0 Å². The lowest BCUT2D eigenvalue weighted by molar-refractivity contribution is -0.121. The number of Topliss-reactive ketones (excluding diaryl/α,β-unsaturated/α-hetero) is 1. The first kappa shape index (κ1) is 29.8. The molecule has 2 aliphatic rings. The Labute approximate surface area is 248 Å². The number of hydrogen-bond donors (Lipinski definition) is 4. The molecule has 4 heterocycles. The molecule has 2 aliphatic heterocycles. The molecule has 222 valence electrons. The van der Waals surface area contributed by atoms with E-state index in [1.807, 2.05) is 24.5 Å². The minimum absolute atomic E-state index is 0.131. The van der Waals surface area contributed by atoms with Crippen molar-refractivity contribution in [2.45, 2.75) is 83.5 Å². The second-order valence-corrected chi connectivity index (χ2v) is 11.5. The third kappa shape index (κ3) is 7.40. The number of ketones is 1. The minimum atomic E-state index is -0.412. The maximum Gasteiger partial charge on any atom is 0.270 e. The van der Waals surface area contributed by atoms with Gasteiger partial charge in [0, 0.05) is 61.8 Å². The Balaban J connectivity index is 1.16. The van der Waals surface area contributed by atoms with Crippen molar-refractivity contribution < 1.29 is 14.7 Å². The number of piperidine rings is 1. The van der Waals surface area contributed by atoms with Gasteiger partial charge in [-0.2, -0.15) is 0 Å². The van der Waals surface area contributed by atoms with Crippen LogP contribution in [0.3, 0.4) is 0 Å². The molecule has 42 heavy (non-hydrogen) atoms. The van der Waals surface area contributed by atoms with Crippen LogP contribution < -0.4 is 16.2 Å². The van der Waals surface area contributed by atoms with Gasteiger partial charge in [0.15, 0.2) is 5.78 Å². The van der Waals surface area contributed by atoms with Gasteiger partial charge in [-0.05, 0) is 79.5 Å². The Morgan fingerprint density at radius 1 is 1.02 bits per heavy atom. The molecule has 4 N–H and O–H groups in total. The van der Waals surface area contributed by atoms with E-state index >= 15 is 0 Å². The van der Waals surface area contributed by atoms with Crippen LogP contribution in [0, 0.1) is 0 Å². The molecule has 0 saturated carbocycles. The van der Waals surface area contributed by atoms with Crippen molar-refractivity contribution in [3.63, 3.8) is 0 Å². The third-order valence-electron chi connectivity index (χ3n) is 8.39. The summed E-state index contributed by atoms with van der Waals surface area (Å²) >= 11 is 0. The van der Waals surface area contributed by atoms with E-state index in [9.17, 15) is 14.7 Å². The fraction of sp³-hybridized carbons (Fsp3) is 0.455. The van der Waals surface area contributed by atoms with Gasteiger partial charge < -0.3 is 15.8 Å². The molecule has 1 amide bonds. The number of aromatic nitrogens is 2. The van der Waals surface area contributed by atoms with Crippen LogP contribution >= 0.6 is 0 Å². The van der Waals surface area contributed by atoms with Gasteiger partial charge in [0.05, 0.1) is 11.8 Å². The number of carbonyl (C=O) groups excluding carboxylic acids is 2. The SMILES string of the molecule is CCC(CC)NC(=O)c1ccc(CCCC(=O)C2NNc3ccc(-c4cncc(CN5CCC(O)CC5)c4)cc32)cn1. The van der Waals surface area contributed by atoms with E-state index < -0.39 is 6.04 Å². The van der Waals surface area contributed by atoms with Crippen LogP contribution in [0.1, 0.15) is 85.6 Å². The molecule has 2 aromatic heterocycles. The van der Waals surface area contributed by atoms with Crippen LogP contribution in [0.5, 0.6) is 0 Å². The first-order valence-electron chi connectivity index (χ1n) is 15.2. The van der Waals surface area contributed by atoms with Crippen LogP contribution in [-0.2, 0) is 17.8 Å². The van der Waals surface area contributed by atoms with Crippen molar-refractivity contribution in [2.24, 2.45) is 0 Å². The lowest BCUT2D eigenvalue weighted by Gasteiger charge is -2.29. The van der Waals surface area contributed by atoms with Gasteiger partial charge in [-0.25, -0.2) is 5.43 Å². The number of nitrogens with zero attached hydrogens (tertiary/aromatic N) is 3. The topological polar surface area (TPSA) is 119 Å². The van der Waals surface area contributed by atoms with Crippen molar-refractivity contribution in [3.8, 4) is 11.1 Å². The maximum absolute atomic E-state index is 13.2. The number of pyridine rings is 2. The Hall–Kier alpha value is -3.66. The summed E-state index contributed by atoms with van der Waals surface area (Å²) in [6.07, 6.45) is 10.6. The molecular weight excluding hydrogens is 528 g/mol. The van der Waals surface area contributed by atoms with Gasteiger partial charge in [0.2, 0.25) is 0 Å². The molecule has 0 radical (unpaired) electrons. The number of hydrogen-bond acceptors (Lipinski definition) is 8. The Morgan fingerprint density at radius 2 is 1.83 bits per heavy atom. The molecule has 0 aliphatic carbocycles. The molecule has 0 bridgehead atoms. The number of aliphatic hydroxyl groups is 1. The van der Waals surface area contributed by atoms with Crippen molar-refractivity contribution in [2.75, 3.05) is 18.5 Å². The van der Waals surface area contributed by atoms with E-state index in [-0.39, 0.29) is 23.8 Å². The summed E-state index contributed by atoms with van der Waals surface area (Å²) in [6, 6.07) is 11.7. The summed E-state index contributed by atoms with van der Waals surface area (Å²) in [5, 5.41) is 12.8. The molecule has 5 rings (SSSR count). The largest absolute Gasteiger partial charge is 0.393 e. The monoisotopic (exact) mass is 570 g/mol. The lowest BCUT2D eigenvalue weighted by Crippen LogP contribution is -2.35. The van der Waals surface area contributed by atoms with E-state index in [2.05, 4.69) is 63.1 Å². The predicted octanol–water partition coefficient (Wildman–Crippen LogP) is 4.58. The molecule has 0 spiro atoms. The molecular formula is C33H42N6O3. The van der Waals surface area contributed by atoms with Crippen LogP contribution in [0.2, 0.25) is 0 Å². The normalized spacial score (nSPS) is 17.2. The number of carbonyl (C=O) groups is 2. The molecule has 3 aromatic rings. The van der Waals surface area contributed by atoms with Crippen molar-refractivity contribution in [1.29, 1.82) is 0 Å². The second-order valence-electron chi connectivity index (χ2n) is 11.5. The zero-order valence-electron chi connectivity index (χ0n) is 24.6. The summed E-state index contributed by atoms with van der Waals surface area (Å²) in [6.45, 7) is 6.71. The highest BCUT2D eigenvalue weighted by atomic mass is 16.3. The number of amides is 1. The van der Waals surface area contributed by atoms with Gasteiger partial charge in [-0.3, -0.25) is 24.5 Å². The van der Waals surface area contributed by atoms with Crippen molar-refractivity contribution >= 4 is 17.4 Å². The van der Waals surface area contributed by atoms with Crippen LogP contribution in [0.25, 0.3) is 11.1 Å². The Morgan fingerprint density at radius 3 is 2.57 bits per heavy atom. The second kappa shape index (κ2) is 14.0. The van der Waals surface area contributed by atoms with E-state index in [1.54, 1.807) is 12.3 Å². The number of likely N-dealkylation sites (tertiary alicyclic amines) is 1. The lowest BCUT2D eigenvalue weighted by atomic mass is 9.95. The number of benzene rings is 1. The fourth-order valence-corrected chi connectivity index (χ4v) is 5.71. The summed E-state index contributed by atoms with van der Waals surface area (Å²) in [5.74, 6) is -0.0137. The number of fused-ring (bicyclic) bond motifs is 1. The van der Waals surface area contributed by atoms with Crippen LogP contribution in [0.4, 0.5) is 5.69 Å². The van der Waals surface area contributed by atoms with Crippen LogP contribution in [-0.4, -0.2) is 56.9 Å². The summed E-state index contributed by atoms with van der Waals surface area (Å²) in [4.78, 5) is 36.9. The third-order valence-corrected chi connectivity index (χ3v) is 8.39. The molecule has 1 aromatic carbocycles. The van der Waals surface area contributed by atoms with Gasteiger partial charge in [-0.15, -0.1) is 0 Å². The maximum atomic E-state index is 13.2. The van der Waals surface area contributed by atoms with Gasteiger partial charge in [0.25, 0.3) is 5.91 Å². The van der Waals surface area contributed by atoms with Crippen LogP contribution in [0.15, 0.2) is 55.0 Å². The molecule has 1 saturated heterocycles. The molecule has 9 nitrogen and oxygen atoms in total. The average Bonchev–Trinajstić information content (AvgIpc) is 3.45. The number of nitrogens with one attached hydrogen (secondary N) is 3. The first-order valence-corrected chi connectivity index (χ1v) is 15.2. The van der Waals surface area contributed by atoms with Gasteiger partial charge in [0.1, 0.15) is 11.7 Å². The average molecular weight is 571 g/mol. The number of anilines is 1. The predicted molar refractivity (Wildman–Crippen MR) is 164 cm³/mol. The van der Waals surface area contributed by atoms with Crippen molar-refractivity contribution in [1.82, 2.24) is 25.6 Å². The highest BCUT2D eigenvalue weighted by Gasteiger charge is 2.28. The molecule has 1 fully saturated rings. The Bertz CT molecular complexity index is 1370. The van der Waals surface area contributed by atoms with E-state index in [4.69, 9.17) is 0 Å². The highest BCUT2D eigenvalue weighted by Crippen LogP contribution is 2.34. The van der Waals surface area contributed by atoms with Gasteiger partial charge in [-0.1, -0.05) is 26.0 Å². The van der Waals surface area contributed by atoms with E-state index in [1.165, 1.54) is 0 Å². The standard InChI is InChI=1S/C33H42N6O3/c1-3-26(4-2)36-33(42)30-10-8-22(19-35-30)6-5-7-31(41)32-28-17-24(9-11-29(28)37-38-32)25-16-23(18-34-20-25)21-39-14-12-27(40)13-15-39/h8-11,16-20,26-27,32,37-38,40H,3-7,12-15,21H2,1-2H3,(H,36,42). The van der Waals surface area contributed by atoms with Crippen molar-refractivity contribution in [3.05, 3.63) is 77.4 Å². The quantitative estimate of drug-likeness (QED) is 0.250. The number of hydrazine groups is 1. The molecule has 1 atom stereocenters. The fourth-order valence-electron chi connectivity index (χ4n) is 5.71.